The first-order valence-electron chi connectivity index (χ1n) is 10.7. The number of aryl methyl sites for hydroxylation is 1. The van der Waals surface area contributed by atoms with Gasteiger partial charge in [0.2, 0.25) is 16.9 Å². The van der Waals surface area contributed by atoms with E-state index in [9.17, 15) is 0 Å². The Balaban J connectivity index is 1.39. The summed E-state index contributed by atoms with van der Waals surface area (Å²) in [7, 11) is 0. The molecule has 0 aliphatic carbocycles. The molecule has 9 heteroatoms. The molecule has 2 aromatic carbocycles. The van der Waals surface area contributed by atoms with Crippen molar-refractivity contribution in [3.63, 3.8) is 0 Å². The van der Waals surface area contributed by atoms with Gasteiger partial charge in [0.05, 0.1) is 5.25 Å². The summed E-state index contributed by atoms with van der Waals surface area (Å²) in [5.41, 5.74) is 3.36. The fourth-order valence-corrected chi connectivity index (χ4v) is 4.01. The van der Waals surface area contributed by atoms with Gasteiger partial charge in [-0.25, -0.2) is 4.68 Å². The second kappa shape index (κ2) is 9.27. The second-order valence-electron chi connectivity index (χ2n) is 8.91. The highest BCUT2D eigenvalue weighted by Gasteiger charge is 2.21. The number of hydrogen-bond donors (Lipinski definition) is 1. The van der Waals surface area contributed by atoms with Crippen molar-refractivity contribution < 1.29 is 9.15 Å². The predicted molar refractivity (Wildman–Crippen MR) is 128 cm³/mol. The van der Waals surface area contributed by atoms with Crippen molar-refractivity contribution in [3.8, 4) is 17.2 Å². The van der Waals surface area contributed by atoms with Crippen LogP contribution in [0.25, 0.3) is 11.5 Å². The molecule has 33 heavy (non-hydrogen) atoms. The molecule has 1 atom stereocenters. The highest BCUT2D eigenvalue weighted by molar-refractivity contribution is 7.99. The van der Waals surface area contributed by atoms with Gasteiger partial charge in [0.25, 0.3) is 0 Å². The predicted octanol–water partition coefficient (Wildman–Crippen LogP) is 5.08. The van der Waals surface area contributed by atoms with Crippen molar-refractivity contribution in [2.45, 2.75) is 57.0 Å². The first-order valence-corrected chi connectivity index (χ1v) is 11.6. The lowest BCUT2D eigenvalue weighted by Crippen LogP contribution is -2.16. The molecular formula is C24H28N6O2S. The summed E-state index contributed by atoms with van der Waals surface area (Å²) in [6.45, 7) is 10.7. The van der Waals surface area contributed by atoms with Crippen LogP contribution in [0.15, 0.2) is 58.1 Å². The Morgan fingerprint density at radius 3 is 2.52 bits per heavy atom. The molecule has 0 fully saturated rings. The van der Waals surface area contributed by atoms with Crippen molar-refractivity contribution in [2.75, 3.05) is 5.84 Å². The fourth-order valence-electron chi connectivity index (χ4n) is 3.19. The standard InChI is InChI=1S/C24H28N6O2S/c1-15-7-6-8-17(13-15)22-28-27-21(32-22)16(2)33-23-29-26-20(30(23)25)14-31-19-11-9-18(10-12-19)24(3,4)5/h6-13,16H,14,25H2,1-5H3. The molecule has 0 saturated heterocycles. The Kier molecular flexibility index (Phi) is 6.42. The summed E-state index contributed by atoms with van der Waals surface area (Å²) in [6.07, 6.45) is 0. The topological polar surface area (TPSA) is 105 Å². The van der Waals surface area contributed by atoms with Crippen LogP contribution >= 0.6 is 11.8 Å². The minimum absolute atomic E-state index is 0.0952. The molecule has 4 aromatic rings. The van der Waals surface area contributed by atoms with Gasteiger partial charge in [-0.3, -0.25) is 0 Å². The number of ether oxygens (including phenoxy) is 1. The summed E-state index contributed by atoms with van der Waals surface area (Å²) in [6, 6.07) is 16.0. The molecule has 0 aliphatic heterocycles. The maximum atomic E-state index is 6.21. The number of thioether (sulfide) groups is 1. The van der Waals surface area contributed by atoms with Crippen LogP contribution in [0.5, 0.6) is 5.75 Å². The molecule has 0 saturated carbocycles. The van der Waals surface area contributed by atoms with Gasteiger partial charge in [0.1, 0.15) is 12.4 Å². The third kappa shape index (κ3) is 5.36. The quantitative estimate of drug-likeness (QED) is 0.298. The second-order valence-corrected chi connectivity index (χ2v) is 10.2. The van der Waals surface area contributed by atoms with Gasteiger partial charge in [-0.05, 0) is 49.1 Å². The number of nitrogens with two attached hydrogens (primary N) is 1. The van der Waals surface area contributed by atoms with E-state index in [0.29, 0.717) is 22.8 Å². The number of aromatic nitrogens is 5. The zero-order valence-corrected chi connectivity index (χ0v) is 20.3. The number of nitrogens with zero attached hydrogens (tertiary/aromatic N) is 5. The van der Waals surface area contributed by atoms with Crippen LogP contribution in [-0.4, -0.2) is 25.1 Å². The van der Waals surface area contributed by atoms with Crippen LogP contribution in [0.2, 0.25) is 0 Å². The number of rotatable bonds is 7. The molecular weight excluding hydrogens is 436 g/mol. The summed E-state index contributed by atoms with van der Waals surface area (Å²) >= 11 is 1.39. The van der Waals surface area contributed by atoms with E-state index in [1.54, 1.807) is 0 Å². The Labute approximate surface area is 197 Å². The fraction of sp³-hybridized carbons (Fsp3) is 0.333. The normalized spacial score (nSPS) is 12.6. The van der Waals surface area contributed by atoms with Gasteiger partial charge < -0.3 is 15.0 Å². The van der Waals surface area contributed by atoms with Crippen molar-refractivity contribution in [1.29, 1.82) is 0 Å². The average molecular weight is 465 g/mol. The average Bonchev–Trinajstić information content (AvgIpc) is 3.40. The molecule has 2 heterocycles. The summed E-state index contributed by atoms with van der Waals surface area (Å²) in [5.74, 6) is 8.47. The van der Waals surface area contributed by atoms with Gasteiger partial charge in [-0.2, -0.15) is 0 Å². The van der Waals surface area contributed by atoms with Gasteiger partial charge >= 0.3 is 0 Å². The molecule has 0 spiro atoms. The van der Waals surface area contributed by atoms with E-state index in [1.807, 2.05) is 50.2 Å². The number of benzene rings is 2. The molecule has 0 aliphatic rings. The molecule has 8 nitrogen and oxygen atoms in total. The zero-order valence-electron chi connectivity index (χ0n) is 19.4. The van der Waals surface area contributed by atoms with E-state index in [1.165, 1.54) is 22.0 Å². The zero-order chi connectivity index (χ0) is 23.6. The molecule has 0 bridgehead atoms. The number of hydrogen-bond acceptors (Lipinski definition) is 8. The van der Waals surface area contributed by atoms with Gasteiger partial charge in [-0.15, -0.1) is 20.4 Å². The first kappa shape index (κ1) is 22.8. The Morgan fingerprint density at radius 2 is 1.82 bits per heavy atom. The van der Waals surface area contributed by atoms with Crippen LogP contribution in [0.4, 0.5) is 0 Å². The molecule has 4 rings (SSSR count). The molecule has 0 radical (unpaired) electrons. The molecule has 1 unspecified atom stereocenters. The minimum atomic E-state index is -0.152. The smallest absolute Gasteiger partial charge is 0.247 e. The lowest BCUT2D eigenvalue weighted by molar-refractivity contribution is 0.291. The Morgan fingerprint density at radius 1 is 1.06 bits per heavy atom. The third-order valence-corrected chi connectivity index (χ3v) is 6.20. The lowest BCUT2D eigenvalue weighted by atomic mass is 9.87. The van der Waals surface area contributed by atoms with Crippen LogP contribution in [0.1, 0.15) is 55.8 Å². The highest BCUT2D eigenvalue weighted by Crippen LogP contribution is 2.34. The van der Waals surface area contributed by atoms with Crippen LogP contribution in [0, 0.1) is 6.92 Å². The van der Waals surface area contributed by atoms with E-state index in [4.69, 9.17) is 15.0 Å². The lowest BCUT2D eigenvalue weighted by Gasteiger charge is -2.19. The first-order chi connectivity index (χ1) is 15.7. The van der Waals surface area contributed by atoms with Crippen molar-refractivity contribution >= 4 is 11.8 Å². The summed E-state index contributed by atoms with van der Waals surface area (Å²) in [4.78, 5) is 0. The van der Waals surface area contributed by atoms with Gasteiger partial charge in [0.15, 0.2) is 5.82 Å². The summed E-state index contributed by atoms with van der Waals surface area (Å²) in [5, 5.41) is 17.1. The molecule has 2 aromatic heterocycles. The highest BCUT2D eigenvalue weighted by atomic mass is 32.2. The van der Waals surface area contributed by atoms with E-state index >= 15 is 0 Å². The monoisotopic (exact) mass is 464 g/mol. The van der Waals surface area contributed by atoms with Crippen molar-refractivity contribution in [3.05, 3.63) is 71.4 Å². The summed E-state index contributed by atoms with van der Waals surface area (Å²) < 4.78 is 13.2. The SMILES string of the molecule is Cc1cccc(-c2nnc(C(C)Sc3nnc(COc4ccc(C(C)(C)C)cc4)n3N)o2)c1. The van der Waals surface area contributed by atoms with Crippen molar-refractivity contribution in [2.24, 2.45) is 0 Å². The van der Waals surface area contributed by atoms with Crippen LogP contribution in [-0.2, 0) is 12.0 Å². The molecule has 172 valence electrons. The van der Waals surface area contributed by atoms with E-state index in [-0.39, 0.29) is 17.3 Å². The maximum absolute atomic E-state index is 6.21. The van der Waals surface area contributed by atoms with E-state index in [2.05, 4.69) is 53.3 Å². The van der Waals surface area contributed by atoms with E-state index < -0.39 is 0 Å². The molecule has 2 N–H and O–H groups in total. The van der Waals surface area contributed by atoms with Crippen molar-refractivity contribution in [1.82, 2.24) is 25.1 Å². The maximum Gasteiger partial charge on any atom is 0.247 e. The Hall–Kier alpha value is -3.33. The van der Waals surface area contributed by atoms with Crippen LogP contribution in [0.3, 0.4) is 0 Å². The van der Waals surface area contributed by atoms with E-state index in [0.717, 1.165) is 16.9 Å². The van der Waals surface area contributed by atoms with Gasteiger partial charge in [0, 0.05) is 5.56 Å². The Bertz CT molecular complexity index is 1230. The largest absolute Gasteiger partial charge is 0.486 e. The van der Waals surface area contributed by atoms with Gasteiger partial charge in [-0.1, -0.05) is 62.4 Å². The third-order valence-electron chi connectivity index (χ3n) is 5.16. The van der Waals surface area contributed by atoms with Crippen LogP contribution < -0.4 is 10.6 Å². The minimum Gasteiger partial charge on any atom is -0.486 e. The molecule has 0 amide bonds. The number of nitrogen functional groups attached to an aromatic ring is 1.